The Morgan fingerprint density at radius 3 is 2.33 bits per heavy atom. The molecular weight excluding hydrogens is 374 g/mol. The fourth-order valence-electron chi connectivity index (χ4n) is 1.69. The largest absolute Gasteiger partial charge is 0.496 e. The van der Waals surface area contributed by atoms with E-state index in [1.807, 2.05) is 18.4 Å². The zero-order chi connectivity index (χ0) is 15.5. The molecule has 2 aromatic carbocycles. The van der Waals surface area contributed by atoms with Crippen LogP contribution in [0.2, 0.25) is 0 Å². The van der Waals surface area contributed by atoms with Gasteiger partial charge in [0.05, 0.1) is 16.5 Å². The van der Waals surface area contributed by atoms with Crippen molar-refractivity contribution in [2.45, 2.75) is 9.79 Å². The van der Waals surface area contributed by atoms with Crippen LogP contribution in [-0.4, -0.2) is 21.8 Å². The molecule has 2 aromatic rings. The summed E-state index contributed by atoms with van der Waals surface area (Å²) in [6.45, 7) is 0. The van der Waals surface area contributed by atoms with Crippen LogP contribution in [0.4, 0.5) is 5.69 Å². The van der Waals surface area contributed by atoms with Crippen molar-refractivity contribution in [1.82, 2.24) is 0 Å². The van der Waals surface area contributed by atoms with Crippen molar-refractivity contribution in [2.24, 2.45) is 0 Å². The number of anilines is 1. The Kier molecular flexibility index (Phi) is 5.18. The lowest BCUT2D eigenvalue weighted by Crippen LogP contribution is -2.12. The summed E-state index contributed by atoms with van der Waals surface area (Å²) >= 11 is 4.88. The average Bonchev–Trinajstić information content (AvgIpc) is 2.47. The number of benzene rings is 2. The summed E-state index contributed by atoms with van der Waals surface area (Å²) in [6, 6.07) is 11.8. The second-order valence-corrected chi connectivity index (χ2v) is 7.55. The van der Waals surface area contributed by atoms with Gasteiger partial charge < -0.3 is 4.74 Å². The summed E-state index contributed by atoms with van der Waals surface area (Å²) in [5.41, 5.74) is 0.528. The highest BCUT2D eigenvalue weighted by Crippen LogP contribution is 2.28. The quantitative estimate of drug-likeness (QED) is 0.788. The second-order valence-electron chi connectivity index (χ2n) is 4.13. The Hall–Kier alpha value is -1.18. The van der Waals surface area contributed by atoms with Gasteiger partial charge in [0, 0.05) is 10.6 Å². The van der Waals surface area contributed by atoms with E-state index >= 15 is 0 Å². The molecule has 1 N–H and O–H groups in total. The fourth-order valence-corrected chi connectivity index (χ4v) is 3.87. The third-order valence-electron chi connectivity index (χ3n) is 2.78. The molecule has 0 aliphatic carbocycles. The normalized spacial score (nSPS) is 11.2. The highest BCUT2D eigenvalue weighted by atomic mass is 79.9. The first-order valence-electron chi connectivity index (χ1n) is 5.96. The van der Waals surface area contributed by atoms with Crippen molar-refractivity contribution in [2.75, 3.05) is 18.1 Å². The molecule has 0 bridgehead atoms. The molecule has 4 nitrogen and oxygen atoms in total. The van der Waals surface area contributed by atoms with Crippen molar-refractivity contribution in [3.63, 3.8) is 0 Å². The van der Waals surface area contributed by atoms with Gasteiger partial charge in [-0.05, 0) is 64.7 Å². The molecule has 0 radical (unpaired) electrons. The molecule has 0 aliphatic heterocycles. The monoisotopic (exact) mass is 387 g/mol. The van der Waals surface area contributed by atoms with Crippen LogP contribution in [0.1, 0.15) is 0 Å². The van der Waals surface area contributed by atoms with Gasteiger partial charge in [-0.2, -0.15) is 0 Å². The molecule has 0 saturated heterocycles. The molecule has 0 atom stereocenters. The van der Waals surface area contributed by atoms with Gasteiger partial charge in [0.25, 0.3) is 10.0 Å². The van der Waals surface area contributed by atoms with Gasteiger partial charge in [-0.1, -0.05) is 0 Å². The SMILES string of the molecule is COc1ccc(S(=O)(=O)Nc2ccc(SC)cc2)cc1Br. The van der Waals surface area contributed by atoms with Crippen molar-refractivity contribution in [1.29, 1.82) is 0 Å². The van der Waals surface area contributed by atoms with E-state index in [9.17, 15) is 8.42 Å². The van der Waals surface area contributed by atoms with E-state index in [1.54, 1.807) is 30.0 Å². The number of sulfonamides is 1. The highest BCUT2D eigenvalue weighted by Gasteiger charge is 2.16. The first-order valence-corrected chi connectivity index (χ1v) is 9.47. The lowest BCUT2D eigenvalue weighted by Gasteiger charge is -2.10. The second kappa shape index (κ2) is 6.72. The molecule has 0 spiro atoms. The molecule has 2 rings (SSSR count). The standard InChI is InChI=1S/C14H14BrNO3S2/c1-19-14-8-7-12(9-13(14)15)21(17,18)16-10-3-5-11(20-2)6-4-10/h3-9,16H,1-2H3. The Labute approximate surface area is 137 Å². The number of ether oxygens (including phenoxy) is 1. The number of hydrogen-bond acceptors (Lipinski definition) is 4. The highest BCUT2D eigenvalue weighted by molar-refractivity contribution is 9.10. The number of rotatable bonds is 5. The first-order chi connectivity index (χ1) is 9.96. The van der Waals surface area contributed by atoms with Crippen LogP contribution in [0.5, 0.6) is 5.75 Å². The lowest BCUT2D eigenvalue weighted by molar-refractivity contribution is 0.411. The Balaban J connectivity index is 2.26. The summed E-state index contributed by atoms with van der Waals surface area (Å²) in [6.07, 6.45) is 1.97. The third kappa shape index (κ3) is 3.93. The molecule has 21 heavy (non-hydrogen) atoms. The van der Waals surface area contributed by atoms with Gasteiger partial charge in [0.2, 0.25) is 0 Å². The van der Waals surface area contributed by atoms with Gasteiger partial charge in [-0.25, -0.2) is 8.42 Å². The average molecular weight is 388 g/mol. The van der Waals surface area contributed by atoms with E-state index in [0.29, 0.717) is 15.9 Å². The van der Waals surface area contributed by atoms with Crippen LogP contribution in [0, 0.1) is 0 Å². The van der Waals surface area contributed by atoms with Crippen LogP contribution >= 0.6 is 27.7 Å². The minimum absolute atomic E-state index is 0.170. The molecule has 0 unspecified atom stereocenters. The van der Waals surface area contributed by atoms with Crippen molar-refractivity contribution in [3.8, 4) is 5.75 Å². The van der Waals surface area contributed by atoms with Gasteiger partial charge in [-0.3, -0.25) is 4.72 Å². The molecule has 0 saturated carbocycles. The number of thioether (sulfide) groups is 1. The zero-order valence-corrected chi connectivity index (χ0v) is 14.7. The predicted octanol–water partition coefficient (Wildman–Crippen LogP) is 3.98. The van der Waals surface area contributed by atoms with E-state index in [4.69, 9.17) is 4.74 Å². The van der Waals surface area contributed by atoms with Gasteiger partial charge >= 0.3 is 0 Å². The van der Waals surface area contributed by atoms with Crippen LogP contribution in [0.25, 0.3) is 0 Å². The Morgan fingerprint density at radius 2 is 1.81 bits per heavy atom. The van der Waals surface area contributed by atoms with E-state index < -0.39 is 10.0 Å². The minimum Gasteiger partial charge on any atom is -0.496 e. The zero-order valence-electron chi connectivity index (χ0n) is 11.5. The molecular formula is C14H14BrNO3S2. The molecule has 7 heteroatoms. The molecule has 112 valence electrons. The topological polar surface area (TPSA) is 55.4 Å². The van der Waals surface area contributed by atoms with Gasteiger partial charge in [0.1, 0.15) is 5.75 Å². The van der Waals surface area contributed by atoms with Gasteiger partial charge in [-0.15, -0.1) is 11.8 Å². The third-order valence-corrected chi connectivity index (χ3v) is 5.52. The van der Waals surface area contributed by atoms with E-state index in [0.717, 1.165) is 4.90 Å². The lowest BCUT2D eigenvalue weighted by atomic mass is 10.3. The number of hydrogen-bond donors (Lipinski definition) is 1. The smallest absolute Gasteiger partial charge is 0.261 e. The summed E-state index contributed by atoms with van der Waals surface area (Å²) in [4.78, 5) is 1.24. The van der Waals surface area contributed by atoms with Crippen LogP contribution in [-0.2, 0) is 10.0 Å². The maximum atomic E-state index is 12.3. The van der Waals surface area contributed by atoms with Crippen LogP contribution in [0.15, 0.2) is 56.7 Å². The number of nitrogens with one attached hydrogen (secondary N) is 1. The van der Waals surface area contributed by atoms with Gasteiger partial charge in [0.15, 0.2) is 0 Å². The minimum atomic E-state index is -3.62. The van der Waals surface area contributed by atoms with Crippen molar-refractivity contribution in [3.05, 3.63) is 46.9 Å². The van der Waals surface area contributed by atoms with Crippen LogP contribution in [0.3, 0.4) is 0 Å². The van der Waals surface area contributed by atoms with E-state index in [2.05, 4.69) is 20.7 Å². The number of halogens is 1. The molecule has 0 fully saturated rings. The Morgan fingerprint density at radius 1 is 1.14 bits per heavy atom. The maximum absolute atomic E-state index is 12.3. The first kappa shape index (κ1) is 16.2. The summed E-state index contributed by atoms with van der Waals surface area (Å²) in [5.74, 6) is 0.582. The van der Waals surface area contributed by atoms with Crippen molar-refractivity contribution >= 4 is 43.4 Å². The van der Waals surface area contributed by atoms with Crippen LogP contribution < -0.4 is 9.46 Å². The Bertz CT molecular complexity index is 730. The van der Waals surface area contributed by atoms with E-state index in [1.165, 1.54) is 19.2 Å². The summed E-state index contributed by atoms with van der Waals surface area (Å²) in [5, 5.41) is 0. The summed E-state index contributed by atoms with van der Waals surface area (Å²) in [7, 11) is -2.10. The summed E-state index contributed by atoms with van der Waals surface area (Å²) < 4.78 is 32.9. The molecule has 0 heterocycles. The predicted molar refractivity (Wildman–Crippen MR) is 89.7 cm³/mol. The fraction of sp³-hybridized carbons (Fsp3) is 0.143. The molecule has 0 aromatic heterocycles. The number of methoxy groups -OCH3 is 1. The molecule has 0 aliphatic rings. The van der Waals surface area contributed by atoms with E-state index in [-0.39, 0.29) is 4.90 Å². The molecule has 0 amide bonds. The maximum Gasteiger partial charge on any atom is 0.261 e. The van der Waals surface area contributed by atoms with Crippen molar-refractivity contribution < 1.29 is 13.2 Å².